The van der Waals surface area contributed by atoms with Gasteiger partial charge in [-0.15, -0.1) is 0 Å². The molecule has 0 saturated carbocycles. The lowest BCUT2D eigenvalue weighted by Crippen LogP contribution is -1.93. The summed E-state index contributed by atoms with van der Waals surface area (Å²) in [6.07, 6.45) is 0. The minimum atomic E-state index is 0.443. The number of nitriles is 1. The number of ether oxygens (including phenoxy) is 1. The first-order valence-corrected chi connectivity index (χ1v) is 6.41. The fourth-order valence-corrected chi connectivity index (χ4v) is 2.33. The van der Waals surface area contributed by atoms with Gasteiger partial charge in [0.05, 0.1) is 5.56 Å². The molecule has 2 aromatic carbocycles. The molecule has 2 aromatic rings. The Morgan fingerprint density at radius 1 is 1.00 bits per heavy atom. The Labute approximate surface area is 122 Å². The molecule has 0 saturated heterocycles. The molecule has 2 nitrogen and oxygen atoms in total. The molecule has 0 atom stereocenters. The number of hydrogen-bond donors (Lipinski definition) is 0. The van der Waals surface area contributed by atoms with Crippen LogP contribution in [0.3, 0.4) is 0 Å². The molecule has 0 aliphatic rings. The van der Waals surface area contributed by atoms with Gasteiger partial charge in [0.2, 0.25) is 0 Å². The average Bonchev–Trinajstić information content (AvgIpc) is 2.34. The topological polar surface area (TPSA) is 33.0 Å². The third-order valence-corrected chi connectivity index (χ3v) is 3.15. The molecule has 96 valence electrons. The largest absolute Gasteiger partial charge is 0.455 e. The minimum absolute atomic E-state index is 0.443. The third-order valence-electron chi connectivity index (χ3n) is 2.70. The Hall–Kier alpha value is -1.69. The smallest absolute Gasteiger partial charge is 0.146 e. The highest BCUT2D eigenvalue weighted by atomic mass is 35.5. The van der Waals surface area contributed by atoms with E-state index in [0.717, 1.165) is 11.1 Å². The zero-order valence-electron chi connectivity index (χ0n) is 10.5. The van der Waals surface area contributed by atoms with Gasteiger partial charge in [0.15, 0.2) is 0 Å². The number of benzene rings is 2. The Morgan fingerprint density at radius 2 is 1.63 bits per heavy atom. The van der Waals surface area contributed by atoms with Crippen LogP contribution in [-0.2, 0) is 0 Å². The first-order chi connectivity index (χ1) is 9.01. The first kappa shape index (κ1) is 13.7. The van der Waals surface area contributed by atoms with E-state index in [4.69, 9.17) is 33.2 Å². The quantitative estimate of drug-likeness (QED) is 0.755. The van der Waals surface area contributed by atoms with Crippen molar-refractivity contribution in [3.8, 4) is 17.6 Å². The summed E-state index contributed by atoms with van der Waals surface area (Å²) in [5.41, 5.74) is 2.26. The van der Waals surface area contributed by atoms with E-state index in [1.54, 1.807) is 18.2 Å². The maximum atomic E-state index is 9.08. The monoisotopic (exact) mass is 291 g/mol. The molecular weight excluding hydrogens is 281 g/mol. The molecule has 0 aliphatic heterocycles. The van der Waals surface area contributed by atoms with Gasteiger partial charge in [0.1, 0.15) is 17.6 Å². The van der Waals surface area contributed by atoms with Gasteiger partial charge < -0.3 is 4.74 Å². The van der Waals surface area contributed by atoms with Crippen molar-refractivity contribution in [1.29, 1.82) is 5.26 Å². The van der Waals surface area contributed by atoms with Gasteiger partial charge in [-0.25, -0.2) is 0 Å². The SMILES string of the molecule is Cc1cc(Cl)cc(C)c1Oc1cc(Cl)ccc1C#N. The van der Waals surface area contributed by atoms with Crippen LogP contribution >= 0.6 is 23.2 Å². The zero-order chi connectivity index (χ0) is 14.0. The van der Waals surface area contributed by atoms with E-state index < -0.39 is 0 Å². The van der Waals surface area contributed by atoms with Gasteiger partial charge in [-0.2, -0.15) is 5.26 Å². The lowest BCUT2D eigenvalue weighted by Gasteiger charge is -2.13. The average molecular weight is 292 g/mol. The van der Waals surface area contributed by atoms with E-state index >= 15 is 0 Å². The number of halogens is 2. The molecule has 0 aromatic heterocycles. The normalized spacial score (nSPS) is 10.1. The second kappa shape index (κ2) is 5.52. The summed E-state index contributed by atoms with van der Waals surface area (Å²) in [6, 6.07) is 10.7. The molecule has 0 unspecified atom stereocenters. The lowest BCUT2D eigenvalue weighted by molar-refractivity contribution is 0.473. The summed E-state index contributed by atoms with van der Waals surface area (Å²) in [7, 11) is 0. The predicted octanol–water partition coefficient (Wildman–Crippen LogP) is 5.27. The van der Waals surface area contributed by atoms with Crippen molar-refractivity contribution in [2.24, 2.45) is 0 Å². The van der Waals surface area contributed by atoms with Crippen LogP contribution in [0.1, 0.15) is 16.7 Å². The summed E-state index contributed by atoms with van der Waals surface area (Å²) >= 11 is 11.9. The molecule has 4 heteroatoms. The highest BCUT2D eigenvalue weighted by Crippen LogP contribution is 2.33. The van der Waals surface area contributed by atoms with Gasteiger partial charge in [-0.3, -0.25) is 0 Å². The molecule has 2 rings (SSSR count). The molecular formula is C15H11Cl2NO. The van der Waals surface area contributed by atoms with Crippen LogP contribution in [0.15, 0.2) is 30.3 Å². The Kier molecular flexibility index (Phi) is 3.99. The summed E-state index contributed by atoms with van der Waals surface area (Å²) in [5, 5.41) is 10.3. The zero-order valence-corrected chi connectivity index (χ0v) is 12.0. The molecule has 0 spiro atoms. The van der Waals surface area contributed by atoms with Crippen molar-refractivity contribution in [2.75, 3.05) is 0 Å². The molecule has 0 radical (unpaired) electrons. The maximum Gasteiger partial charge on any atom is 0.146 e. The highest BCUT2D eigenvalue weighted by molar-refractivity contribution is 6.31. The van der Waals surface area contributed by atoms with Crippen molar-refractivity contribution < 1.29 is 4.74 Å². The number of aryl methyl sites for hydroxylation is 2. The minimum Gasteiger partial charge on any atom is -0.455 e. The molecule has 0 fully saturated rings. The van der Waals surface area contributed by atoms with E-state index in [0.29, 0.717) is 27.1 Å². The van der Waals surface area contributed by atoms with Gasteiger partial charge in [-0.1, -0.05) is 23.2 Å². The molecule has 0 aliphatic carbocycles. The van der Waals surface area contributed by atoms with E-state index in [9.17, 15) is 0 Å². The van der Waals surface area contributed by atoms with Crippen LogP contribution < -0.4 is 4.74 Å². The maximum absolute atomic E-state index is 9.08. The summed E-state index contributed by atoms with van der Waals surface area (Å²) in [6.45, 7) is 3.82. The first-order valence-electron chi connectivity index (χ1n) is 5.65. The summed E-state index contributed by atoms with van der Waals surface area (Å²) < 4.78 is 5.83. The fraction of sp³-hybridized carbons (Fsp3) is 0.133. The summed E-state index contributed by atoms with van der Waals surface area (Å²) in [4.78, 5) is 0. The van der Waals surface area contributed by atoms with E-state index in [1.165, 1.54) is 0 Å². The van der Waals surface area contributed by atoms with Crippen molar-refractivity contribution in [3.05, 3.63) is 57.1 Å². The standard InChI is InChI=1S/C15H11Cl2NO/c1-9-5-13(17)6-10(2)15(9)19-14-7-12(16)4-3-11(14)8-18/h3-7H,1-2H3. The fourth-order valence-electron chi connectivity index (χ4n) is 1.84. The van der Waals surface area contributed by atoms with E-state index in [2.05, 4.69) is 6.07 Å². The predicted molar refractivity (Wildman–Crippen MR) is 77.2 cm³/mol. The van der Waals surface area contributed by atoms with Crippen molar-refractivity contribution in [3.63, 3.8) is 0 Å². The molecule has 0 heterocycles. The highest BCUT2D eigenvalue weighted by Gasteiger charge is 2.10. The van der Waals surface area contributed by atoms with Crippen LogP contribution in [0.2, 0.25) is 10.0 Å². The summed E-state index contributed by atoms with van der Waals surface area (Å²) in [5.74, 6) is 1.15. The van der Waals surface area contributed by atoms with Crippen LogP contribution in [0.4, 0.5) is 0 Å². The Morgan fingerprint density at radius 3 is 2.21 bits per heavy atom. The van der Waals surface area contributed by atoms with Gasteiger partial charge in [-0.05, 0) is 49.2 Å². The molecule has 0 bridgehead atoms. The van der Waals surface area contributed by atoms with Crippen LogP contribution in [-0.4, -0.2) is 0 Å². The van der Waals surface area contributed by atoms with Crippen LogP contribution in [0, 0.1) is 25.2 Å². The Bertz CT molecular complexity index is 651. The number of nitrogens with zero attached hydrogens (tertiary/aromatic N) is 1. The van der Waals surface area contributed by atoms with Crippen molar-refractivity contribution >= 4 is 23.2 Å². The molecule has 0 N–H and O–H groups in total. The van der Waals surface area contributed by atoms with Gasteiger partial charge in [0, 0.05) is 16.1 Å². The van der Waals surface area contributed by atoms with E-state index in [1.807, 2.05) is 26.0 Å². The molecule has 19 heavy (non-hydrogen) atoms. The van der Waals surface area contributed by atoms with Gasteiger partial charge in [0.25, 0.3) is 0 Å². The third kappa shape index (κ3) is 3.01. The van der Waals surface area contributed by atoms with Crippen LogP contribution in [0.25, 0.3) is 0 Å². The second-order valence-electron chi connectivity index (χ2n) is 4.22. The van der Waals surface area contributed by atoms with Gasteiger partial charge >= 0.3 is 0 Å². The van der Waals surface area contributed by atoms with Crippen LogP contribution in [0.5, 0.6) is 11.5 Å². The number of rotatable bonds is 2. The molecule has 0 amide bonds. The van der Waals surface area contributed by atoms with Crippen molar-refractivity contribution in [1.82, 2.24) is 0 Å². The van der Waals surface area contributed by atoms with E-state index in [-0.39, 0.29) is 0 Å². The lowest BCUT2D eigenvalue weighted by atomic mass is 10.1. The number of hydrogen-bond acceptors (Lipinski definition) is 2. The Balaban J connectivity index is 2.48. The second-order valence-corrected chi connectivity index (χ2v) is 5.10. The van der Waals surface area contributed by atoms with Crippen molar-refractivity contribution in [2.45, 2.75) is 13.8 Å².